The van der Waals surface area contributed by atoms with Gasteiger partial charge in [0.05, 0.1) is 0 Å². The van der Waals surface area contributed by atoms with Crippen molar-refractivity contribution >= 4 is 11.9 Å². The Bertz CT molecular complexity index is 1040. The quantitative estimate of drug-likeness (QED) is 0.676. The summed E-state index contributed by atoms with van der Waals surface area (Å²) in [5, 5.41) is 3.14. The first-order chi connectivity index (χ1) is 16.8. The van der Waals surface area contributed by atoms with Crippen molar-refractivity contribution in [3.8, 4) is 5.88 Å². The smallest absolute Gasteiger partial charge is 0.258 e. The number of piperidine rings is 2. The lowest BCUT2D eigenvalue weighted by molar-refractivity contribution is -0.137. The molecule has 4 saturated heterocycles. The standard InChI is InChI=1S/C26H33F2N5O2/c1-25(9-15-32-13-7-20(25)8-14-32)31-23(34)26(28)10-16-33(17-11-26)24-29-12-6-22(30-24)35-18-19-2-4-21(27)5-3-19/h2-6,12,20H,7-11,13-18H2,1H3,(H,31,34). The Balaban J connectivity index is 1.17. The maximum atomic E-state index is 15.8. The van der Waals surface area contributed by atoms with E-state index in [0.717, 1.165) is 44.5 Å². The summed E-state index contributed by atoms with van der Waals surface area (Å²) < 4.78 is 34.6. The summed E-state index contributed by atoms with van der Waals surface area (Å²) >= 11 is 0. The second kappa shape index (κ2) is 9.68. The van der Waals surface area contributed by atoms with Gasteiger partial charge >= 0.3 is 0 Å². The number of nitrogens with zero attached hydrogens (tertiary/aromatic N) is 4. The van der Waals surface area contributed by atoms with Crippen LogP contribution in [0.15, 0.2) is 36.5 Å². The fraction of sp³-hybridized carbons (Fsp3) is 0.577. The lowest BCUT2D eigenvalue weighted by Crippen LogP contribution is -2.59. The minimum absolute atomic E-state index is 0.0930. The maximum absolute atomic E-state index is 15.8. The van der Waals surface area contributed by atoms with Crippen LogP contribution in [0.5, 0.6) is 5.88 Å². The van der Waals surface area contributed by atoms with Gasteiger partial charge in [-0.3, -0.25) is 4.79 Å². The molecule has 1 N–H and O–H groups in total. The summed E-state index contributed by atoms with van der Waals surface area (Å²) in [5.74, 6) is 0.471. The number of halogens is 2. The molecule has 2 bridgehead atoms. The second-order valence-corrected chi connectivity index (χ2v) is 10.3. The molecule has 1 unspecified atom stereocenters. The molecule has 6 rings (SSSR count). The summed E-state index contributed by atoms with van der Waals surface area (Å²) in [4.78, 5) is 26.2. The fourth-order valence-corrected chi connectivity index (χ4v) is 5.52. The van der Waals surface area contributed by atoms with Crippen LogP contribution in [0.1, 0.15) is 44.6 Å². The number of carbonyl (C=O) groups is 1. The first-order valence-corrected chi connectivity index (χ1v) is 12.5. The van der Waals surface area contributed by atoms with Gasteiger partial charge in [-0.25, -0.2) is 13.8 Å². The predicted molar refractivity (Wildman–Crippen MR) is 128 cm³/mol. The highest BCUT2D eigenvalue weighted by Gasteiger charge is 2.47. The number of anilines is 1. The van der Waals surface area contributed by atoms with E-state index < -0.39 is 11.6 Å². The van der Waals surface area contributed by atoms with Crippen LogP contribution >= 0.6 is 0 Å². The summed E-state index contributed by atoms with van der Waals surface area (Å²) in [7, 11) is 0. The molecule has 0 spiro atoms. The van der Waals surface area contributed by atoms with Crippen molar-refractivity contribution < 1.29 is 18.3 Å². The Kier molecular flexibility index (Phi) is 6.61. The molecule has 1 aromatic carbocycles. The van der Waals surface area contributed by atoms with Crippen molar-refractivity contribution in [3.05, 3.63) is 47.9 Å². The number of ether oxygens (including phenoxy) is 1. The monoisotopic (exact) mass is 485 g/mol. The third-order valence-corrected chi connectivity index (χ3v) is 8.00. The molecule has 35 heavy (non-hydrogen) atoms. The van der Waals surface area contributed by atoms with Gasteiger partial charge in [0.1, 0.15) is 12.4 Å². The Morgan fingerprint density at radius 1 is 1.09 bits per heavy atom. The van der Waals surface area contributed by atoms with E-state index in [1.807, 2.05) is 4.90 Å². The molecule has 2 aromatic rings. The molecule has 0 radical (unpaired) electrons. The molecule has 4 fully saturated rings. The SMILES string of the molecule is CC1(NC(=O)C2(F)CCN(c3nccc(OCc4ccc(F)cc4)n3)CC2)CCN2CCC1CC2. The zero-order chi connectivity index (χ0) is 24.5. The number of nitrogens with one attached hydrogen (secondary N) is 1. The Labute approximate surface area is 204 Å². The van der Waals surface area contributed by atoms with Crippen molar-refractivity contribution in [2.75, 3.05) is 37.6 Å². The zero-order valence-corrected chi connectivity index (χ0v) is 20.2. The highest BCUT2D eigenvalue weighted by atomic mass is 19.1. The van der Waals surface area contributed by atoms with E-state index in [1.165, 1.54) is 12.1 Å². The average Bonchev–Trinajstić information content (AvgIpc) is 3.12. The summed E-state index contributed by atoms with van der Waals surface area (Å²) in [5.41, 5.74) is -1.41. The molecular weight excluding hydrogens is 452 g/mol. The number of hydrogen-bond donors (Lipinski definition) is 1. The van der Waals surface area contributed by atoms with E-state index in [0.29, 0.717) is 30.8 Å². The molecule has 4 aliphatic heterocycles. The molecule has 1 aromatic heterocycles. The normalized spacial score (nSPS) is 27.8. The number of benzene rings is 1. The fourth-order valence-electron chi connectivity index (χ4n) is 5.52. The molecular formula is C26H33F2N5O2. The highest BCUT2D eigenvalue weighted by Crippen LogP contribution is 2.37. The highest BCUT2D eigenvalue weighted by molar-refractivity contribution is 5.86. The van der Waals surface area contributed by atoms with Crippen molar-refractivity contribution in [1.29, 1.82) is 0 Å². The van der Waals surface area contributed by atoms with Gasteiger partial charge in [-0.2, -0.15) is 4.98 Å². The van der Waals surface area contributed by atoms with Crippen molar-refractivity contribution in [3.63, 3.8) is 0 Å². The van der Waals surface area contributed by atoms with Gasteiger partial charge in [0, 0.05) is 50.3 Å². The first-order valence-electron chi connectivity index (χ1n) is 12.5. The number of fused-ring (bicyclic) bond motifs is 4. The molecule has 5 heterocycles. The third kappa shape index (κ3) is 5.24. The van der Waals surface area contributed by atoms with E-state index in [9.17, 15) is 9.18 Å². The minimum Gasteiger partial charge on any atom is -0.473 e. The number of hydrogen-bond acceptors (Lipinski definition) is 6. The maximum Gasteiger partial charge on any atom is 0.258 e. The average molecular weight is 486 g/mol. The molecule has 1 atom stereocenters. The van der Waals surface area contributed by atoms with E-state index >= 15 is 4.39 Å². The van der Waals surface area contributed by atoms with Gasteiger partial charge in [0.25, 0.3) is 5.91 Å². The Morgan fingerprint density at radius 2 is 1.80 bits per heavy atom. The predicted octanol–water partition coefficient (Wildman–Crippen LogP) is 3.49. The van der Waals surface area contributed by atoms with E-state index in [1.54, 1.807) is 24.4 Å². The van der Waals surface area contributed by atoms with Gasteiger partial charge in [-0.05, 0) is 62.9 Å². The number of amides is 1. The third-order valence-electron chi connectivity index (χ3n) is 8.00. The van der Waals surface area contributed by atoms with Crippen molar-refractivity contribution in [1.82, 2.24) is 20.2 Å². The summed E-state index contributed by atoms with van der Waals surface area (Å²) in [6, 6.07) is 7.74. The number of carbonyl (C=O) groups excluding carboxylic acids is 1. The molecule has 4 aliphatic rings. The molecule has 9 heteroatoms. The molecule has 0 aliphatic carbocycles. The van der Waals surface area contributed by atoms with Crippen LogP contribution in [-0.2, 0) is 11.4 Å². The van der Waals surface area contributed by atoms with Gasteiger partial charge in [-0.1, -0.05) is 12.1 Å². The van der Waals surface area contributed by atoms with Crippen LogP contribution in [0.4, 0.5) is 14.7 Å². The zero-order valence-electron chi connectivity index (χ0n) is 20.2. The van der Waals surface area contributed by atoms with Crippen molar-refractivity contribution in [2.24, 2.45) is 5.92 Å². The van der Waals surface area contributed by atoms with E-state index in [-0.39, 0.29) is 30.8 Å². The van der Waals surface area contributed by atoms with Crippen molar-refractivity contribution in [2.45, 2.75) is 56.8 Å². The van der Waals surface area contributed by atoms with Crippen LogP contribution in [0.25, 0.3) is 0 Å². The van der Waals surface area contributed by atoms with Crippen LogP contribution in [0.2, 0.25) is 0 Å². The lowest BCUT2D eigenvalue weighted by atomic mass is 9.78. The van der Waals surface area contributed by atoms with E-state index in [4.69, 9.17) is 4.74 Å². The second-order valence-electron chi connectivity index (χ2n) is 10.3. The molecule has 188 valence electrons. The van der Waals surface area contributed by atoms with E-state index in [2.05, 4.69) is 27.1 Å². The van der Waals surface area contributed by atoms with Crippen LogP contribution < -0.4 is 15.0 Å². The van der Waals surface area contributed by atoms with Gasteiger partial charge in [0.2, 0.25) is 11.8 Å². The number of aromatic nitrogens is 2. The molecule has 1 amide bonds. The van der Waals surface area contributed by atoms with Gasteiger partial charge < -0.3 is 19.9 Å². The summed E-state index contributed by atoms with van der Waals surface area (Å²) in [6.45, 7) is 6.13. The number of alkyl halides is 1. The van der Waals surface area contributed by atoms with Crippen LogP contribution in [-0.4, -0.2) is 64.7 Å². The Morgan fingerprint density at radius 3 is 2.51 bits per heavy atom. The topological polar surface area (TPSA) is 70.6 Å². The van der Waals surface area contributed by atoms with Crippen LogP contribution in [0.3, 0.4) is 0 Å². The lowest BCUT2D eigenvalue weighted by Gasteiger charge is -2.41. The molecule has 0 saturated carbocycles. The summed E-state index contributed by atoms with van der Waals surface area (Å²) in [6.07, 6.45) is 4.77. The number of rotatable bonds is 6. The van der Waals surface area contributed by atoms with Gasteiger partial charge in [0.15, 0.2) is 5.67 Å². The minimum atomic E-state index is -1.89. The molecule has 7 nitrogen and oxygen atoms in total. The Hall–Kier alpha value is -2.81. The van der Waals surface area contributed by atoms with Gasteiger partial charge in [-0.15, -0.1) is 0 Å². The van der Waals surface area contributed by atoms with Crippen LogP contribution in [0, 0.1) is 11.7 Å². The largest absolute Gasteiger partial charge is 0.473 e. The first kappa shape index (κ1) is 23.9.